The van der Waals surface area contributed by atoms with Crippen LogP contribution < -0.4 is 5.32 Å². The highest BCUT2D eigenvalue weighted by atomic mass is 35.5. The maximum Gasteiger partial charge on any atom is 0.239 e. The third kappa shape index (κ3) is 4.65. The summed E-state index contributed by atoms with van der Waals surface area (Å²) in [5.41, 5.74) is 0.494. The molecule has 1 heterocycles. The lowest BCUT2D eigenvalue weighted by atomic mass is 10.2. The van der Waals surface area contributed by atoms with Gasteiger partial charge in [-0.25, -0.2) is 16.8 Å². The van der Waals surface area contributed by atoms with Crippen LogP contribution in [0.4, 0.5) is 5.69 Å². The van der Waals surface area contributed by atoms with Gasteiger partial charge in [0.2, 0.25) is 15.9 Å². The Balaban J connectivity index is 1.87. The van der Waals surface area contributed by atoms with Crippen molar-refractivity contribution < 1.29 is 21.6 Å². The molecule has 162 valence electrons. The first-order chi connectivity index (χ1) is 14.1. The molecule has 0 bridgehead atoms. The third-order valence-electron chi connectivity index (χ3n) is 4.69. The highest BCUT2D eigenvalue weighted by Gasteiger charge is 2.44. The summed E-state index contributed by atoms with van der Waals surface area (Å²) in [4.78, 5) is 12.6. The van der Waals surface area contributed by atoms with Gasteiger partial charge in [0.05, 0.1) is 27.9 Å². The fourth-order valence-corrected chi connectivity index (χ4v) is 8.19. The van der Waals surface area contributed by atoms with Gasteiger partial charge in [0, 0.05) is 11.6 Å². The van der Waals surface area contributed by atoms with Crippen molar-refractivity contribution >= 4 is 54.7 Å². The van der Waals surface area contributed by atoms with Crippen LogP contribution in [0.1, 0.15) is 24.2 Å². The topological polar surface area (TPSA) is 101 Å². The van der Waals surface area contributed by atoms with E-state index in [4.69, 9.17) is 23.2 Å². The molecule has 2 aromatic rings. The maximum atomic E-state index is 13.3. The van der Waals surface area contributed by atoms with Crippen LogP contribution >= 0.6 is 23.2 Å². The lowest BCUT2D eigenvalue weighted by Crippen LogP contribution is -2.41. The standard InChI is InChI=1S/C19H20Cl2N2O5S2/c1-2-9-23(11-19(24)22-16-10-13(20)7-8-15(16)21)30(27,28)18-12-29(25,26)17-6-4-3-5-14(17)18/h3-8,10,18H,2,9,11-12H2,1H3,(H,22,24)/t18-/m1/s1. The molecule has 1 atom stereocenters. The van der Waals surface area contributed by atoms with Crippen molar-refractivity contribution in [2.24, 2.45) is 0 Å². The lowest BCUT2D eigenvalue weighted by Gasteiger charge is -2.25. The zero-order chi connectivity index (χ0) is 22.1. The summed E-state index contributed by atoms with van der Waals surface area (Å²) in [5, 5.41) is 1.92. The van der Waals surface area contributed by atoms with Crippen molar-refractivity contribution in [3.63, 3.8) is 0 Å². The van der Waals surface area contributed by atoms with E-state index in [1.807, 2.05) is 0 Å². The van der Waals surface area contributed by atoms with Crippen molar-refractivity contribution in [2.75, 3.05) is 24.2 Å². The summed E-state index contributed by atoms with van der Waals surface area (Å²) < 4.78 is 52.5. The summed E-state index contributed by atoms with van der Waals surface area (Å²) in [6.45, 7) is 1.36. The van der Waals surface area contributed by atoms with Gasteiger partial charge in [-0.15, -0.1) is 0 Å². The Kier molecular flexibility index (Phi) is 6.78. The van der Waals surface area contributed by atoms with Crippen LogP contribution in [0.25, 0.3) is 0 Å². The Morgan fingerprint density at radius 3 is 2.60 bits per heavy atom. The number of anilines is 1. The number of hydrogen-bond acceptors (Lipinski definition) is 5. The van der Waals surface area contributed by atoms with E-state index < -0.39 is 43.3 Å². The first-order valence-corrected chi connectivity index (χ1v) is 13.0. The number of sulfonamides is 1. The molecule has 1 aliphatic rings. The highest BCUT2D eigenvalue weighted by Crippen LogP contribution is 2.39. The molecule has 2 aromatic carbocycles. The monoisotopic (exact) mass is 490 g/mol. The van der Waals surface area contributed by atoms with Gasteiger partial charge in [-0.1, -0.05) is 48.3 Å². The van der Waals surface area contributed by atoms with E-state index in [1.165, 1.54) is 24.3 Å². The number of sulfone groups is 1. The predicted octanol–water partition coefficient (Wildman–Crippen LogP) is 3.50. The summed E-state index contributed by atoms with van der Waals surface area (Å²) in [7, 11) is -7.83. The minimum Gasteiger partial charge on any atom is -0.324 e. The average Bonchev–Trinajstić information content (AvgIpc) is 2.96. The van der Waals surface area contributed by atoms with E-state index in [9.17, 15) is 21.6 Å². The van der Waals surface area contributed by atoms with Crippen molar-refractivity contribution in [1.82, 2.24) is 4.31 Å². The first-order valence-electron chi connectivity index (χ1n) is 9.12. The van der Waals surface area contributed by atoms with Gasteiger partial charge in [0.25, 0.3) is 0 Å². The molecule has 1 N–H and O–H groups in total. The second-order valence-corrected chi connectivity index (χ2v) is 11.8. The Morgan fingerprint density at radius 2 is 1.90 bits per heavy atom. The zero-order valence-corrected chi connectivity index (χ0v) is 19.2. The largest absolute Gasteiger partial charge is 0.324 e. The van der Waals surface area contributed by atoms with E-state index in [0.717, 1.165) is 4.31 Å². The molecule has 0 spiro atoms. The number of nitrogens with zero attached hydrogens (tertiary/aromatic N) is 1. The summed E-state index contributed by atoms with van der Waals surface area (Å²) in [5.74, 6) is -1.15. The summed E-state index contributed by atoms with van der Waals surface area (Å²) in [6, 6.07) is 10.6. The number of carbonyl (C=O) groups is 1. The van der Waals surface area contributed by atoms with E-state index in [1.54, 1.807) is 25.1 Å². The second kappa shape index (κ2) is 8.84. The van der Waals surface area contributed by atoms with Crippen LogP contribution in [0.5, 0.6) is 0 Å². The van der Waals surface area contributed by atoms with Crippen LogP contribution in [0.15, 0.2) is 47.4 Å². The minimum atomic E-state index is -4.12. The number of amides is 1. The molecule has 0 saturated heterocycles. The number of nitrogens with one attached hydrogen (secondary N) is 1. The number of halogens is 2. The van der Waals surface area contributed by atoms with Crippen molar-refractivity contribution in [3.05, 3.63) is 58.1 Å². The number of hydrogen-bond donors (Lipinski definition) is 1. The van der Waals surface area contributed by atoms with Crippen LogP contribution in [-0.4, -0.2) is 45.9 Å². The minimum absolute atomic E-state index is 0.0187. The maximum absolute atomic E-state index is 13.3. The fraction of sp³-hybridized carbons (Fsp3) is 0.316. The third-order valence-corrected chi connectivity index (χ3v) is 9.45. The molecule has 11 heteroatoms. The Hall–Kier alpha value is -1.65. The van der Waals surface area contributed by atoms with Crippen LogP contribution in [0.3, 0.4) is 0 Å². The van der Waals surface area contributed by atoms with E-state index in [0.29, 0.717) is 11.4 Å². The molecule has 0 aliphatic carbocycles. The zero-order valence-electron chi connectivity index (χ0n) is 16.0. The second-order valence-electron chi connectivity index (χ2n) is 6.86. The van der Waals surface area contributed by atoms with Gasteiger partial charge in [-0.2, -0.15) is 4.31 Å². The molecule has 3 rings (SSSR count). The van der Waals surface area contributed by atoms with Gasteiger partial charge < -0.3 is 5.32 Å². The average molecular weight is 491 g/mol. The fourth-order valence-electron chi connectivity index (χ4n) is 3.32. The van der Waals surface area contributed by atoms with Crippen LogP contribution in [0, 0.1) is 0 Å². The summed E-state index contributed by atoms with van der Waals surface area (Å²) >= 11 is 12.0. The molecule has 0 aromatic heterocycles. The van der Waals surface area contributed by atoms with E-state index in [2.05, 4.69) is 5.32 Å². The number of rotatable bonds is 7. The molecule has 30 heavy (non-hydrogen) atoms. The van der Waals surface area contributed by atoms with Crippen molar-refractivity contribution in [2.45, 2.75) is 23.5 Å². The van der Waals surface area contributed by atoms with Gasteiger partial charge in [-0.3, -0.25) is 4.79 Å². The van der Waals surface area contributed by atoms with Crippen LogP contribution in [0.2, 0.25) is 10.0 Å². The van der Waals surface area contributed by atoms with Gasteiger partial charge in [0.1, 0.15) is 5.25 Å². The number of fused-ring (bicyclic) bond motifs is 1. The Morgan fingerprint density at radius 1 is 1.20 bits per heavy atom. The normalized spacial score (nSPS) is 17.7. The predicted molar refractivity (Wildman–Crippen MR) is 117 cm³/mol. The molecule has 0 fully saturated rings. The lowest BCUT2D eigenvalue weighted by molar-refractivity contribution is -0.116. The Labute approximate surface area is 186 Å². The molecule has 1 amide bonds. The molecule has 0 saturated carbocycles. The van der Waals surface area contributed by atoms with Gasteiger partial charge in [-0.05, 0) is 36.2 Å². The van der Waals surface area contributed by atoms with E-state index >= 15 is 0 Å². The molecule has 7 nitrogen and oxygen atoms in total. The molecular weight excluding hydrogens is 471 g/mol. The quantitative estimate of drug-likeness (QED) is 0.639. The SMILES string of the molecule is CCCN(CC(=O)Nc1cc(Cl)ccc1Cl)S(=O)(=O)[C@@H]1CS(=O)(=O)c2ccccc21. The molecule has 0 radical (unpaired) electrons. The van der Waals surface area contributed by atoms with Gasteiger partial charge in [0.15, 0.2) is 9.84 Å². The van der Waals surface area contributed by atoms with Crippen molar-refractivity contribution in [3.8, 4) is 0 Å². The van der Waals surface area contributed by atoms with Crippen LogP contribution in [-0.2, 0) is 24.7 Å². The highest BCUT2D eigenvalue weighted by molar-refractivity contribution is 7.95. The molecule has 0 unspecified atom stereocenters. The number of carbonyl (C=O) groups excluding carboxylic acids is 1. The van der Waals surface area contributed by atoms with Gasteiger partial charge >= 0.3 is 0 Å². The Bertz CT molecular complexity index is 1180. The van der Waals surface area contributed by atoms with Crippen molar-refractivity contribution in [1.29, 1.82) is 0 Å². The summed E-state index contributed by atoms with van der Waals surface area (Å²) in [6.07, 6.45) is 0.450. The molecular formula is C19H20Cl2N2O5S2. The number of benzene rings is 2. The smallest absolute Gasteiger partial charge is 0.239 e. The first kappa shape index (κ1) is 23.0. The molecule has 1 aliphatic heterocycles. The van der Waals surface area contributed by atoms with E-state index in [-0.39, 0.29) is 27.7 Å².